The third-order valence-corrected chi connectivity index (χ3v) is 3.21. The van der Waals surface area contributed by atoms with Crippen LogP contribution in [-0.4, -0.2) is 13.1 Å². The molecule has 1 saturated heterocycles. The number of methoxy groups -OCH3 is 1. The molecular formula is C13H14ClN5O2. The van der Waals surface area contributed by atoms with Crippen LogP contribution in [0, 0.1) is 0 Å². The summed E-state index contributed by atoms with van der Waals surface area (Å²) in [5.41, 5.74) is 11.8. The van der Waals surface area contributed by atoms with Gasteiger partial charge in [-0.25, -0.2) is 4.99 Å². The molecule has 7 nitrogen and oxygen atoms in total. The zero-order valence-electron chi connectivity index (χ0n) is 11.2. The fourth-order valence-corrected chi connectivity index (χ4v) is 2.14. The summed E-state index contributed by atoms with van der Waals surface area (Å²) in [4.78, 5) is 4.27. The van der Waals surface area contributed by atoms with E-state index >= 15 is 0 Å². The van der Waals surface area contributed by atoms with E-state index in [4.69, 9.17) is 20.8 Å². The molecule has 0 atom stereocenters. The van der Waals surface area contributed by atoms with Crippen molar-refractivity contribution >= 4 is 17.6 Å². The second-order valence-electron chi connectivity index (χ2n) is 4.28. The van der Waals surface area contributed by atoms with Gasteiger partial charge < -0.3 is 9.15 Å². The Hall–Kier alpha value is -2.22. The van der Waals surface area contributed by atoms with Gasteiger partial charge in [0.2, 0.25) is 5.96 Å². The fourth-order valence-electron chi connectivity index (χ4n) is 1.89. The zero-order chi connectivity index (χ0) is 14.7. The number of hydrogen-bond donors (Lipinski definition) is 4. The molecular weight excluding hydrogens is 294 g/mol. The number of rotatable bonds is 4. The molecule has 21 heavy (non-hydrogen) atoms. The molecule has 0 unspecified atom stereocenters. The minimum absolute atomic E-state index is 0.419. The van der Waals surface area contributed by atoms with Gasteiger partial charge in [-0.05, 0) is 30.3 Å². The van der Waals surface area contributed by atoms with Crippen molar-refractivity contribution < 1.29 is 9.15 Å². The molecule has 1 aliphatic rings. The molecule has 1 aromatic carbocycles. The van der Waals surface area contributed by atoms with E-state index in [0.29, 0.717) is 23.3 Å². The van der Waals surface area contributed by atoms with E-state index in [1.165, 1.54) is 0 Å². The zero-order valence-corrected chi connectivity index (χ0v) is 12.0. The molecule has 2 aromatic rings. The average Bonchev–Trinajstić information content (AvgIpc) is 3.16. The summed E-state index contributed by atoms with van der Waals surface area (Å²) in [5, 5.41) is 0.546. The number of nitrogens with zero attached hydrogens (tertiary/aromatic N) is 1. The van der Waals surface area contributed by atoms with Crippen LogP contribution in [0.4, 0.5) is 0 Å². The molecule has 2 heterocycles. The van der Waals surface area contributed by atoms with Crippen molar-refractivity contribution in [1.29, 1.82) is 0 Å². The molecule has 0 spiro atoms. The summed E-state index contributed by atoms with van der Waals surface area (Å²) in [6.07, 6.45) is 0. The Labute approximate surface area is 126 Å². The third-order valence-electron chi connectivity index (χ3n) is 2.92. The Balaban J connectivity index is 1.75. The number of hydrazine groups is 3. The molecule has 1 fully saturated rings. The van der Waals surface area contributed by atoms with Gasteiger partial charge in [0.25, 0.3) is 0 Å². The first kappa shape index (κ1) is 13.7. The van der Waals surface area contributed by atoms with Gasteiger partial charge in [0.1, 0.15) is 23.8 Å². The smallest absolute Gasteiger partial charge is 0.223 e. The standard InChI is InChI=1S/C13H14ClN5O2/c1-20-12-4-2-8(6-10(12)14)11-5-3-9(21-11)7-15-13-16-18-19-17-13/h2-6,18-19H,7H2,1H3,(H2,15,16,17). The van der Waals surface area contributed by atoms with Gasteiger partial charge in [0.05, 0.1) is 12.1 Å². The molecule has 0 aliphatic carbocycles. The van der Waals surface area contributed by atoms with Crippen LogP contribution in [0.1, 0.15) is 5.76 Å². The normalized spacial score (nSPS) is 13.7. The van der Waals surface area contributed by atoms with Crippen LogP contribution in [0.15, 0.2) is 39.7 Å². The lowest BCUT2D eigenvalue weighted by Gasteiger charge is -2.04. The van der Waals surface area contributed by atoms with Gasteiger partial charge in [0, 0.05) is 5.56 Å². The maximum Gasteiger partial charge on any atom is 0.223 e. The topological polar surface area (TPSA) is 82.8 Å². The maximum absolute atomic E-state index is 6.11. The molecule has 0 radical (unpaired) electrons. The molecule has 8 heteroatoms. The summed E-state index contributed by atoms with van der Waals surface area (Å²) in [7, 11) is 1.58. The largest absolute Gasteiger partial charge is 0.495 e. The van der Waals surface area contributed by atoms with Gasteiger partial charge in [-0.1, -0.05) is 11.6 Å². The number of halogens is 1. The van der Waals surface area contributed by atoms with Crippen molar-refractivity contribution in [1.82, 2.24) is 21.9 Å². The number of furan rings is 1. The summed E-state index contributed by atoms with van der Waals surface area (Å²) in [5.74, 6) is 2.72. The second-order valence-corrected chi connectivity index (χ2v) is 4.69. The second kappa shape index (κ2) is 6.04. The molecule has 4 N–H and O–H groups in total. The number of guanidine groups is 1. The van der Waals surface area contributed by atoms with Gasteiger partial charge in [-0.2, -0.15) is 11.1 Å². The molecule has 0 amide bonds. The monoisotopic (exact) mass is 307 g/mol. The van der Waals surface area contributed by atoms with Crippen molar-refractivity contribution in [2.75, 3.05) is 7.11 Å². The number of ether oxygens (including phenoxy) is 1. The van der Waals surface area contributed by atoms with Crippen LogP contribution in [0.25, 0.3) is 11.3 Å². The summed E-state index contributed by atoms with van der Waals surface area (Å²) >= 11 is 6.11. The Morgan fingerprint density at radius 2 is 2.00 bits per heavy atom. The predicted molar refractivity (Wildman–Crippen MR) is 79.4 cm³/mol. The van der Waals surface area contributed by atoms with Crippen LogP contribution >= 0.6 is 11.6 Å². The van der Waals surface area contributed by atoms with E-state index in [0.717, 1.165) is 17.1 Å². The highest BCUT2D eigenvalue weighted by molar-refractivity contribution is 6.32. The Bertz CT molecular complexity index is 662. The first-order valence-corrected chi connectivity index (χ1v) is 6.63. The molecule has 3 rings (SSSR count). The first-order valence-electron chi connectivity index (χ1n) is 6.25. The molecule has 0 saturated carbocycles. The van der Waals surface area contributed by atoms with Crippen LogP contribution in [-0.2, 0) is 6.54 Å². The number of hydrogen-bond acceptors (Lipinski definition) is 5. The number of nitrogens with one attached hydrogen (secondary N) is 4. The van der Waals surface area contributed by atoms with E-state index in [1.807, 2.05) is 30.3 Å². The van der Waals surface area contributed by atoms with Crippen LogP contribution in [0.2, 0.25) is 5.02 Å². The van der Waals surface area contributed by atoms with Crippen LogP contribution in [0.5, 0.6) is 5.75 Å². The van der Waals surface area contributed by atoms with Gasteiger partial charge >= 0.3 is 0 Å². The molecule has 110 valence electrons. The minimum atomic E-state index is 0.419. The number of aliphatic imine (C=N–C) groups is 1. The summed E-state index contributed by atoms with van der Waals surface area (Å²) in [6, 6.07) is 9.28. The molecule has 0 bridgehead atoms. The first-order chi connectivity index (χ1) is 10.3. The number of benzene rings is 1. The quantitative estimate of drug-likeness (QED) is 0.686. The van der Waals surface area contributed by atoms with E-state index in [-0.39, 0.29) is 0 Å². The van der Waals surface area contributed by atoms with Crippen molar-refractivity contribution in [3.63, 3.8) is 0 Å². The van der Waals surface area contributed by atoms with E-state index in [1.54, 1.807) is 7.11 Å². The highest BCUT2D eigenvalue weighted by Crippen LogP contribution is 2.31. The van der Waals surface area contributed by atoms with Gasteiger partial charge in [-0.15, -0.1) is 0 Å². The Kier molecular flexibility index (Phi) is 3.96. The highest BCUT2D eigenvalue weighted by atomic mass is 35.5. The average molecular weight is 308 g/mol. The van der Waals surface area contributed by atoms with Crippen molar-refractivity contribution in [3.05, 3.63) is 41.1 Å². The lowest BCUT2D eigenvalue weighted by atomic mass is 10.2. The minimum Gasteiger partial charge on any atom is -0.495 e. The molecule has 1 aromatic heterocycles. The fraction of sp³-hybridized carbons (Fsp3) is 0.154. The SMILES string of the molecule is COc1ccc(-c2ccc(CN=C3NNNN3)o2)cc1Cl. The maximum atomic E-state index is 6.11. The van der Waals surface area contributed by atoms with Gasteiger partial charge in [-0.3, -0.25) is 10.9 Å². The van der Waals surface area contributed by atoms with Crippen molar-refractivity contribution in [3.8, 4) is 17.1 Å². The lowest BCUT2D eigenvalue weighted by Crippen LogP contribution is -2.33. The lowest BCUT2D eigenvalue weighted by molar-refractivity contribution is 0.415. The Morgan fingerprint density at radius 3 is 2.71 bits per heavy atom. The third kappa shape index (κ3) is 3.10. The summed E-state index contributed by atoms with van der Waals surface area (Å²) < 4.78 is 10.9. The van der Waals surface area contributed by atoms with E-state index in [9.17, 15) is 0 Å². The Morgan fingerprint density at radius 1 is 1.19 bits per heavy atom. The van der Waals surface area contributed by atoms with Crippen molar-refractivity contribution in [2.24, 2.45) is 4.99 Å². The van der Waals surface area contributed by atoms with E-state index < -0.39 is 0 Å². The van der Waals surface area contributed by atoms with Crippen LogP contribution < -0.4 is 26.7 Å². The van der Waals surface area contributed by atoms with Crippen LogP contribution in [0.3, 0.4) is 0 Å². The van der Waals surface area contributed by atoms with Crippen molar-refractivity contribution in [2.45, 2.75) is 6.54 Å². The van der Waals surface area contributed by atoms with E-state index in [2.05, 4.69) is 26.9 Å². The highest BCUT2D eigenvalue weighted by Gasteiger charge is 2.09. The predicted octanol–water partition coefficient (Wildman–Crippen LogP) is 1.58. The molecule has 1 aliphatic heterocycles. The summed E-state index contributed by atoms with van der Waals surface area (Å²) in [6.45, 7) is 0.419. The van der Waals surface area contributed by atoms with Gasteiger partial charge in [0.15, 0.2) is 0 Å².